The smallest absolute Gasteiger partial charge is 0.305 e. The number of allylic oxidation sites excluding steroid dienone is 5. The average molecular weight is 1200 g/mol. The van der Waals surface area contributed by atoms with Crippen molar-refractivity contribution in [2.24, 2.45) is 0 Å². The topological polar surface area (TPSA) is 95.9 Å². The molecule has 0 fully saturated rings. The van der Waals surface area contributed by atoms with Crippen LogP contribution in [0.15, 0.2) is 36.5 Å². The van der Waals surface area contributed by atoms with Crippen LogP contribution in [0, 0.1) is 0 Å². The van der Waals surface area contributed by atoms with Gasteiger partial charge in [-0.1, -0.05) is 371 Å². The van der Waals surface area contributed by atoms with Crippen LogP contribution in [-0.4, -0.2) is 47.4 Å². The molecule has 0 saturated heterocycles. The van der Waals surface area contributed by atoms with E-state index in [9.17, 15) is 19.8 Å². The van der Waals surface area contributed by atoms with Crippen LogP contribution in [0.5, 0.6) is 0 Å². The van der Waals surface area contributed by atoms with Crippen LogP contribution in [0.1, 0.15) is 431 Å². The molecule has 0 aliphatic carbocycles. The summed E-state index contributed by atoms with van der Waals surface area (Å²) in [6.07, 6.45) is 96.8. The monoisotopic (exact) mass is 1190 g/mol. The van der Waals surface area contributed by atoms with Gasteiger partial charge in [0.15, 0.2) is 0 Å². The fourth-order valence-electron chi connectivity index (χ4n) is 12.2. The first-order chi connectivity index (χ1) is 42.0. The summed E-state index contributed by atoms with van der Waals surface area (Å²) in [5.41, 5.74) is 0. The quantitative estimate of drug-likeness (QED) is 0.0320. The fourth-order valence-corrected chi connectivity index (χ4v) is 12.2. The number of aliphatic hydroxyl groups is 2. The fraction of sp³-hybridized carbons (Fsp3) is 0.899. The lowest BCUT2D eigenvalue weighted by Gasteiger charge is -2.20. The normalized spacial score (nSPS) is 12.7. The first kappa shape index (κ1) is 83.1. The summed E-state index contributed by atoms with van der Waals surface area (Å²) in [7, 11) is 0. The third kappa shape index (κ3) is 71.0. The molecule has 3 N–H and O–H groups in total. The second kappa shape index (κ2) is 74.5. The van der Waals surface area contributed by atoms with E-state index in [1.165, 1.54) is 360 Å². The maximum atomic E-state index is 12.5. The third-order valence-electron chi connectivity index (χ3n) is 18.1. The molecule has 0 saturated carbocycles. The molecule has 0 aromatic heterocycles. The maximum absolute atomic E-state index is 12.5. The Morgan fingerprint density at radius 1 is 0.318 bits per heavy atom. The van der Waals surface area contributed by atoms with Gasteiger partial charge in [-0.15, -0.1) is 0 Å². The zero-order valence-electron chi connectivity index (χ0n) is 57.6. The molecule has 85 heavy (non-hydrogen) atoms. The molecule has 0 heterocycles. The highest BCUT2D eigenvalue weighted by Crippen LogP contribution is 2.19. The number of carbonyl (C=O) groups is 2. The van der Waals surface area contributed by atoms with Gasteiger partial charge in [-0.25, -0.2) is 0 Å². The van der Waals surface area contributed by atoms with E-state index >= 15 is 0 Å². The minimum absolute atomic E-state index is 0.0146. The number of hydrogen-bond acceptors (Lipinski definition) is 5. The molecular weight excluding hydrogens is 1040 g/mol. The van der Waals surface area contributed by atoms with Crippen LogP contribution in [0.25, 0.3) is 0 Å². The number of esters is 1. The van der Waals surface area contributed by atoms with Gasteiger partial charge in [0.25, 0.3) is 0 Å². The molecule has 0 spiro atoms. The number of ether oxygens (including phenoxy) is 1. The van der Waals surface area contributed by atoms with Gasteiger partial charge >= 0.3 is 5.97 Å². The summed E-state index contributed by atoms with van der Waals surface area (Å²) in [6.45, 7) is 4.94. The molecule has 0 aliphatic heterocycles. The van der Waals surface area contributed by atoms with E-state index in [1.807, 2.05) is 6.08 Å². The second-order valence-electron chi connectivity index (χ2n) is 26.7. The molecule has 0 aromatic rings. The van der Waals surface area contributed by atoms with E-state index in [0.717, 1.165) is 44.9 Å². The standard InChI is InChI=1S/C79H151NO5/c1-3-5-7-9-11-13-15-17-19-21-23-36-39-43-47-51-55-59-63-67-71-77(82)76(75-81)80-78(83)72-68-64-60-56-52-48-44-40-37-34-32-30-28-26-24-25-27-29-31-33-35-38-42-46-50-54-58-62-66-70-74-85-79(84)73-69-65-61-57-53-49-45-41-22-20-18-16-14-12-10-8-6-4-2/h20,22,25,27,67,71,76-77,81-82H,3-19,21,23-24,26,28-66,68-70,72-75H2,1-2H3,(H,80,83)/b22-20-,27-25-,71-67+. The second-order valence-corrected chi connectivity index (χ2v) is 26.7. The van der Waals surface area contributed by atoms with Gasteiger partial charge in [-0.05, 0) is 83.5 Å². The Kier molecular flexibility index (Phi) is 72.9. The number of rotatable bonds is 73. The Morgan fingerprint density at radius 3 is 0.835 bits per heavy atom. The molecule has 1 amide bonds. The number of aliphatic hydroxyl groups excluding tert-OH is 2. The van der Waals surface area contributed by atoms with Crippen molar-refractivity contribution in [1.82, 2.24) is 5.32 Å². The first-order valence-electron chi connectivity index (χ1n) is 38.8. The van der Waals surface area contributed by atoms with Gasteiger partial charge in [-0.3, -0.25) is 9.59 Å². The lowest BCUT2D eigenvalue weighted by Crippen LogP contribution is -2.45. The molecule has 2 unspecified atom stereocenters. The number of nitrogens with one attached hydrogen (secondary N) is 1. The van der Waals surface area contributed by atoms with E-state index in [0.29, 0.717) is 19.4 Å². The van der Waals surface area contributed by atoms with Crippen LogP contribution in [0.2, 0.25) is 0 Å². The summed E-state index contributed by atoms with van der Waals surface area (Å²) in [4.78, 5) is 24.6. The molecule has 6 nitrogen and oxygen atoms in total. The molecule has 0 rings (SSSR count). The predicted molar refractivity (Wildman–Crippen MR) is 375 cm³/mol. The molecule has 2 atom stereocenters. The van der Waals surface area contributed by atoms with Gasteiger partial charge in [0.2, 0.25) is 5.91 Å². The number of amides is 1. The Bertz CT molecular complexity index is 1380. The van der Waals surface area contributed by atoms with Gasteiger partial charge in [-0.2, -0.15) is 0 Å². The van der Waals surface area contributed by atoms with Crippen molar-refractivity contribution in [2.75, 3.05) is 13.2 Å². The highest BCUT2D eigenvalue weighted by molar-refractivity contribution is 5.76. The molecule has 0 aromatic carbocycles. The van der Waals surface area contributed by atoms with Crippen molar-refractivity contribution in [1.29, 1.82) is 0 Å². The van der Waals surface area contributed by atoms with Crippen molar-refractivity contribution in [2.45, 2.75) is 443 Å². The molecule has 0 bridgehead atoms. The molecule has 0 aliphatic rings. The van der Waals surface area contributed by atoms with Crippen molar-refractivity contribution in [3.8, 4) is 0 Å². The van der Waals surface area contributed by atoms with Crippen LogP contribution in [0.4, 0.5) is 0 Å². The first-order valence-corrected chi connectivity index (χ1v) is 38.8. The Morgan fingerprint density at radius 2 is 0.553 bits per heavy atom. The van der Waals surface area contributed by atoms with Crippen molar-refractivity contribution < 1.29 is 24.5 Å². The van der Waals surface area contributed by atoms with Gasteiger partial charge in [0.1, 0.15) is 0 Å². The highest BCUT2D eigenvalue weighted by atomic mass is 16.5. The Hall–Kier alpha value is -1.92. The summed E-state index contributed by atoms with van der Waals surface area (Å²) < 4.78 is 5.51. The van der Waals surface area contributed by atoms with Gasteiger partial charge in [0, 0.05) is 12.8 Å². The Balaban J connectivity index is 3.38. The number of unbranched alkanes of at least 4 members (excludes halogenated alkanes) is 58. The summed E-state index contributed by atoms with van der Waals surface area (Å²) in [6, 6.07) is -0.628. The van der Waals surface area contributed by atoms with Crippen molar-refractivity contribution in [3.63, 3.8) is 0 Å². The third-order valence-corrected chi connectivity index (χ3v) is 18.1. The maximum Gasteiger partial charge on any atom is 0.305 e. The molecule has 0 radical (unpaired) electrons. The minimum Gasteiger partial charge on any atom is -0.466 e. The molecule has 6 heteroatoms. The van der Waals surface area contributed by atoms with E-state index in [2.05, 4.69) is 43.5 Å². The van der Waals surface area contributed by atoms with Crippen LogP contribution in [-0.2, 0) is 14.3 Å². The predicted octanol–water partition coefficient (Wildman–Crippen LogP) is 25.4. The van der Waals surface area contributed by atoms with Crippen LogP contribution < -0.4 is 5.32 Å². The summed E-state index contributed by atoms with van der Waals surface area (Å²) in [5.74, 6) is -0.0478. The average Bonchev–Trinajstić information content (AvgIpc) is 3.51. The van der Waals surface area contributed by atoms with E-state index in [4.69, 9.17) is 4.74 Å². The molecule has 502 valence electrons. The zero-order chi connectivity index (χ0) is 61.3. The highest BCUT2D eigenvalue weighted by Gasteiger charge is 2.18. The van der Waals surface area contributed by atoms with Crippen molar-refractivity contribution >= 4 is 11.9 Å². The zero-order valence-corrected chi connectivity index (χ0v) is 57.6. The SMILES string of the molecule is CCCCCCCCC/C=C\CCCCCCCCCC(=O)OCCCCCCCCCCCCCC/C=C\CCCCCCCCCCCCCCCCC(=O)NC(CO)C(O)/C=C/CCCCCCCCCCCCCCCCCCCC. The van der Waals surface area contributed by atoms with Crippen LogP contribution >= 0.6 is 0 Å². The van der Waals surface area contributed by atoms with E-state index in [-0.39, 0.29) is 18.5 Å². The van der Waals surface area contributed by atoms with Crippen LogP contribution in [0.3, 0.4) is 0 Å². The Labute approximate surface area is 532 Å². The van der Waals surface area contributed by atoms with Gasteiger partial charge < -0.3 is 20.3 Å². The van der Waals surface area contributed by atoms with E-state index in [1.54, 1.807) is 6.08 Å². The van der Waals surface area contributed by atoms with E-state index < -0.39 is 12.1 Å². The van der Waals surface area contributed by atoms with Gasteiger partial charge in [0.05, 0.1) is 25.4 Å². The lowest BCUT2D eigenvalue weighted by atomic mass is 10.0. The lowest BCUT2D eigenvalue weighted by molar-refractivity contribution is -0.143. The number of carbonyl (C=O) groups excluding carboxylic acids is 2. The minimum atomic E-state index is -0.845. The molecular formula is C79H151NO5. The van der Waals surface area contributed by atoms with Crippen molar-refractivity contribution in [3.05, 3.63) is 36.5 Å². The number of hydrogen-bond donors (Lipinski definition) is 3. The summed E-state index contributed by atoms with van der Waals surface area (Å²) in [5, 5.41) is 23.3. The summed E-state index contributed by atoms with van der Waals surface area (Å²) >= 11 is 0. The largest absolute Gasteiger partial charge is 0.466 e.